The Hall–Kier alpha value is -3.63. The van der Waals surface area contributed by atoms with Gasteiger partial charge in [0.25, 0.3) is 5.91 Å². The number of carbonyl (C=O) groups excluding carboxylic acids is 1. The summed E-state index contributed by atoms with van der Waals surface area (Å²) in [5.41, 5.74) is -0.985. The van der Waals surface area contributed by atoms with Gasteiger partial charge < -0.3 is 9.64 Å². The van der Waals surface area contributed by atoms with Crippen molar-refractivity contribution in [3.8, 4) is 17.3 Å². The Morgan fingerprint density at radius 2 is 1.77 bits per heavy atom. The van der Waals surface area contributed by atoms with Crippen LogP contribution in [0.1, 0.15) is 35.7 Å². The Balaban J connectivity index is 1.41. The van der Waals surface area contributed by atoms with Gasteiger partial charge in [-0.2, -0.15) is 13.2 Å². The Labute approximate surface area is 196 Å². The second-order valence-corrected chi connectivity index (χ2v) is 8.68. The van der Waals surface area contributed by atoms with Crippen LogP contribution >= 0.6 is 0 Å². The third-order valence-corrected chi connectivity index (χ3v) is 6.65. The molecule has 1 amide bonds. The number of rotatable bonds is 4. The number of fused-ring (bicyclic) bond motifs is 2. The molecule has 1 aliphatic carbocycles. The van der Waals surface area contributed by atoms with Gasteiger partial charge in [-0.05, 0) is 43.9 Å². The van der Waals surface area contributed by atoms with Crippen molar-refractivity contribution in [1.29, 1.82) is 0 Å². The van der Waals surface area contributed by atoms with Crippen LogP contribution in [0.4, 0.5) is 22.0 Å². The first-order valence-corrected chi connectivity index (χ1v) is 10.9. The minimum Gasteiger partial charge on any atom is -0.472 e. The summed E-state index contributed by atoms with van der Waals surface area (Å²) in [6.07, 6.45) is -1.26. The van der Waals surface area contributed by atoms with E-state index >= 15 is 0 Å². The van der Waals surface area contributed by atoms with E-state index in [1.54, 1.807) is 4.90 Å². The van der Waals surface area contributed by atoms with Crippen molar-refractivity contribution in [2.75, 3.05) is 0 Å². The summed E-state index contributed by atoms with van der Waals surface area (Å²) in [5.74, 6) is -1.86. The number of hydrogen-bond donors (Lipinski definition) is 0. The van der Waals surface area contributed by atoms with E-state index in [4.69, 9.17) is 4.74 Å². The molecule has 1 saturated heterocycles. The van der Waals surface area contributed by atoms with E-state index in [1.807, 2.05) is 6.92 Å². The van der Waals surface area contributed by atoms with Crippen LogP contribution in [0.25, 0.3) is 11.4 Å². The topological polar surface area (TPSA) is 68.2 Å². The Bertz CT molecular complexity index is 1250. The van der Waals surface area contributed by atoms with E-state index in [1.165, 1.54) is 18.2 Å². The molecule has 3 aromatic rings. The van der Waals surface area contributed by atoms with Crippen LogP contribution in [0.5, 0.6) is 5.88 Å². The number of pyridine rings is 1. The first-order valence-electron chi connectivity index (χ1n) is 10.9. The zero-order valence-corrected chi connectivity index (χ0v) is 18.3. The maximum Gasteiger partial charge on any atom is 0.417 e. The van der Waals surface area contributed by atoms with Gasteiger partial charge in [0.1, 0.15) is 11.9 Å². The van der Waals surface area contributed by atoms with E-state index in [0.717, 1.165) is 24.5 Å². The highest BCUT2D eigenvalue weighted by molar-refractivity contribution is 6.00. The normalized spacial score (nSPS) is 23.5. The van der Waals surface area contributed by atoms with Gasteiger partial charge in [-0.15, -0.1) is 0 Å². The van der Waals surface area contributed by atoms with Crippen LogP contribution in [0.3, 0.4) is 0 Å². The quantitative estimate of drug-likeness (QED) is 0.487. The number of likely N-dealkylation sites (tertiary alicyclic amines) is 1. The number of aromatic nitrogens is 3. The van der Waals surface area contributed by atoms with Crippen LogP contribution in [0, 0.1) is 17.6 Å². The molecule has 11 heteroatoms. The molecule has 1 aliphatic heterocycles. The molecular weight excluding hydrogens is 471 g/mol. The number of nitrogens with zero attached hydrogens (tertiary/aromatic N) is 4. The molecule has 2 aliphatic rings. The van der Waals surface area contributed by atoms with E-state index in [9.17, 15) is 26.7 Å². The summed E-state index contributed by atoms with van der Waals surface area (Å²) < 4.78 is 72.4. The van der Waals surface area contributed by atoms with Crippen molar-refractivity contribution < 1.29 is 31.5 Å². The molecule has 0 spiro atoms. The molecule has 1 unspecified atom stereocenters. The number of halogens is 5. The van der Waals surface area contributed by atoms with Crippen molar-refractivity contribution in [3.05, 3.63) is 71.7 Å². The SMILES string of the molecule is C[C@@H]1[C@@H]2CC([C@H](Oc3ccc(C(F)(F)F)cn3)C2)N1C(=O)c1cccc(F)c1-c1ncc(F)cn1. The molecule has 5 rings (SSSR count). The van der Waals surface area contributed by atoms with Gasteiger partial charge >= 0.3 is 6.18 Å². The number of alkyl halides is 3. The molecular formula is C24H19F5N4O2. The van der Waals surface area contributed by atoms with Gasteiger partial charge in [0.05, 0.1) is 35.1 Å². The lowest BCUT2D eigenvalue weighted by molar-refractivity contribution is -0.137. The summed E-state index contributed by atoms with van der Waals surface area (Å²) >= 11 is 0. The Morgan fingerprint density at radius 1 is 1.03 bits per heavy atom. The summed E-state index contributed by atoms with van der Waals surface area (Å²) in [7, 11) is 0. The number of piperidine rings is 1. The summed E-state index contributed by atoms with van der Waals surface area (Å²) in [6, 6.07) is 5.52. The van der Waals surface area contributed by atoms with Crippen molar-refractivity contribution in [2.24, 2.45) is 5.92 Å². The fourth-order valence-corrected chi connectivity index (χ4v) is 4.97. The summed E-state index contributed by atoms with van der Waals surface area (Å²) in [6.45, 7) is 1.89. The van der Waals surface area contributed by atoms with Crippen LogP contribution in [-0.4, -0.2) is 43.9 Å². The highest BCUT2D eigenvalue weighted by Gasteiger charge is 2.53. The van der Waals surface area contributed by atoms with E-state index < -0.39 is 35.4 Å². The third-order valence-electron chi connectivity index (χ3n) is 6.65. The van der Waals surface area contributed by atoms with Gasteiger partial charge in [0.2, 0.25) is 5.88 Å². The largest absolute Gasteiger partial charge is 0.472 e. The summed E-state index contributed by atoms with van der Waals surface area (Å²) in [4.78, 5) is 26.7. The molecule has 2 bridgehead atoms. The van der Waals surface area contributed by atoms with Crippen LogP contribution in [0.2, 0.25) is 0 Å². The lowest BCUT2D eigenvalue weighted by Crippen LogP contribution is -2.51. The molecule has 1 saturated carbocycles. The average molecular weight is 490 g/mol. The number of carbonyl (C=O) groups is 1. The average Bonchev–Trinajstić information content (AvgIpc) is 3.36. The fourth-order valence-electron chi connectivity index (χ4n) is 4.97. The minimum absolute atomic E-state index is 0.0294. The molecule has 0 radical (unpaired) electrons. The van der Waals surface area contributed by atoms with Crippen LogP contribution in [-0.2, 0) is 6.18 Å². The van der Waals surface area contributed by atoms with Crippen molar-refractivity contribution in [3.63, 3.8) is 0 Å². The smallest absolute Gasteiger partial charge is 0.417 e. The summed E-state index contributed by atoms with van der Waals surface area (Å²) in [5, 5.41) is 0. The number of benzene rings is 1. The molecule has 1 aromatic carbocycles. The van der Waals surface area contributed by atoms with E-state index in [-0.39, 0.29) is 40.8 Å². The third kappa shape index (κ3) is 4.19. The van der Waals surface area contributed by atoms with Gasteiger partial charge in [-0.25, -0.2) is 23.7 Å². The Kier molecular flexibility index (Phi) is 5.65. The number of amides is 1. The van der Waals surface area contributed by atoms with Gasteiger partial charge in [0.15, 0.2) is 11.6 Å². The predicted octanol–water partition coefficient (Wildman–Crippen LogP) is 4.91. The van der Waals surface area contributed by atoms with E-state index in [0.29, 0.717) is 19.0 Å². The standard InChI is InChI=1S/C24H19F5N4O2/c1-12-13-7-18(19(8-13)35-20-6-5-14(9-30-20)24(27,28)29)33(12)23(34)16-3-2-4-17(26)21(16)22-31-10-15(25)11-32-22/h2-6,9-13,18-19H,7-8H2,1H3/t12-,13-,18?,19-/m1/s1. The van der Waals surface area contributed by atoms with Crippen molar-refractivity contribution in [2.45, 2.75) is 44.1 Å². The second kappa shape index (κ2) is 8.54. The van der Waals surface area contributed by atoms with E-state index in [2.05, 4.69) is 15.0 Å². The number of hydrogen-bond acceptors (Lipinski definition) is 5. The number of ether oxygens (including phenoxy) is 1. The van der Waals surface area contributed by atoms with Gasteiger partial charge in [-0.3, -0.25) is 4.79 Å². The lowest BCUT2D eigenvalue weighted by atomic mass is 9.97. The molecule has 0 N–H and O–H groups in total. The lowest BCUT2D eigenvalue weighted by Gasteiger charge is -2.38. The maximum atomic E-state index is 14.8. The molecule has 6 nitrogen and oxygen atoms in total. The highest BCUT2D eigenvalue weighted by Crippen LogP contribution is 2.45. The van der Waals surface area contributed by atoms with Gasteiger partial charge in [-0.1, -0.05) is 6.07 Å². The monoisotopic (exact) mass is 490 g/mol. The minimum atomic E-state index is -4.51. The predicted molar refractivity (Wildman–Crippen MR) is 113 cm³/mol. The molecule has 2 aromatic heterocycles. The first-order chi connectivity index (χ1) is 16.6. The zero-order valence-electron chi connectivity index (χ0n) is 18.3. The van der Waals surface area contributed by atoms with Crippen LogP contribution < -0.4 is 4.74 Å². The van der Waals surface area contributed by atoms with Crippen molar-refractivity contribution >= 4 is 5.91 Å². The van der Waals surface area contributed by atoms with Crippen molar-refractivity contribution in [1.82, 2.24) is 19.9 Å². The molecule has 2 fully saturated rings. The zero-order chi connectivity index (χ0) is 24.9. The van der Waals surface area contributed by atoms with Crippen LogP contribution in [0.15, 0.2) is 48.9 Å². The highest BCUT2D eigenvalue weighted by atomic mass is 19.4. The second-order valence-electron chi connectivity index (χ2n) is 8.68. The maximum absolute atomic E-state index is 14.8. The fraction of sp³-hybridized carbons (Fsp3) is 0.333. The molecule has 182 valence electrons. The molecule has 4 atom stereocenters. The molecule has 35 heavy (non-hydrogen) atoms. The molecule has 3 heterocycles. The van der Waals surface area contributed by atoms with Gasteiger partial charge in [0, 0.05) is 18.3 Å². The Morgan fingerprint density at radius 3 is 2.40 bits per heavy atom. The first kappa shape index (κ1) is 23.1.